The average molecular weight is 169 g/mol. The molecule has 0 radical (unpaired) electrons. The second-order valence-corrected chi connectivity index (χ2v) is 2.51. The number of amides is 1. The highest BCUT2D eigenvalue weighted by atomic mass is 16.5. The number of nitrogens with zero attached hydrogens (tertiary/aromatic N) is 1. The Morgan fingerprint density at radius 2 is 1.92 bits per heavy atom. The van der Waals surface area contributed by atoms with Crippen molar-refractivity contribution in [3.63, 3.8) is 0 Å². The van der Waals surface area contributed by atoms with Gasteiger partial charge in [0.05, 0.1) is 12.9 Å². The minimum Gasteiger partial charge on any atom is -0.501 e. The molecular weight excluding hydrogens is 154 g/mol. The van der Waals surface area contributed by atoms with Gasteiger partial charge in [-0.05, 0) is 26.0 Å². The molecule has 0 aromatic rings. The highest BCUT2D eigenvalue weighted by molar-refractivity contribution is 5.50. The Kier molecular flexibility index (Phi) is 4.84. The highest BCUT2D eigenvalue weighted by Crippen LogP contribution is 1.99. The summed E-state index contributed by atoms with van der Waals surface area (Å²) in [5.41, 5.74) is 0.876. The first-order valence-electron chi connectivity index (χ1n) is 3.69. The van der Waals surface area contributed by atoms with Crippen LogP contribution in [0.3, 0.4) is 0 Å². The molecular formula is C9H15NO2. The molecule has 0 fully saturated rings. The topological polar surface area (TPSA) is 29.5 Å². The van der Waals surface area contributed by atoms with Gasteiger partial charge in [-0.25, -0.2) is 0 Å². The lowest BCUT2D eigenvalue weighted by Gasteiger charge is -2.09. The SMILES string of the molecule is CO/C(C)=C/C=C(/C)N(C)C=O. The minimum absolute atomic E-state index is 0.766. The van der Waals surface area contributed by atoms with Gasteiger partial charge in [0.25, 0.3) is 0 Å². The summed E-state index contributed by atoms with van der Waals surface area (Å²) in [6, 6.07) is 0. The summed E-state index contributed by atoms with van der Waals surface area (Å²) in [4.78, 5) is 11.8. The Morgan fingerprint density at radius 1 is 1.33 bits per heavy atom. The summed E-state index contributed by atoms with van der Waals surface area (Å²) in [6.45, 7) is 3.71. The number of allylic oxidation sites excluding steroid dienone is 4. The van der Waals surface area contributed by atoms with E-state index in [1.807, 2.05) is 26.0 Å². The van der Waals surface area contributed by atoms with Gasteiger partial charge in [0.15, 0.2) is 0 Å². The van der Waals surface area contributed by atoms with Gasteiger partial charge >= 0.3 is 0 Å². The molecule has 0 aliphatic carbocycles. The molecule has 0 spiro atoms. The van der Waals surface area contributed by atoms with E-state index in [0.717, 1.165) is 17.9 Å². The zero-order chi connectivity index (χ0) is 9.56. The van der Waals surface area contributed by atoms with Crippen molar-refractivity contribution in [2.45, 2.75) is 13.8 Å². The molecule has 3 heteroatoms. The van der Waals surface area contributed by atoms with Gasteiger partial charge in [-0.3, -0.25) is 4.79 Å². The van der Waals surface area contributed by atoms with Gasteiger partial charge in [-0.2, -0.15) is 0 Å². The Morgan fingerprint density at radius 3 is 2.33 bits per heavy atom. The molecule has 3 nitrogen and oxygen atoms in total. The van der Waals surface area contributed by atoms with Crippen LogP contribution in [0.1, 0.15) is 13.8 Å². The van der Waals surface area contributed by atoms with Crippen LogP contribution in [0, 0.1) is 0 Å². The summed E-state index contributed by atoms with van der Waals surface area (Å²) in [6.07, 6.45) is 4.41. The van der Waals surface area contributed by atoms with Gasteiger partial charge in [0.1, 0.15) is 0 Å². The first-order valence-corrected chi connectivity index (χ1v) is 3.69. The van der Waals surface area contributed by atoms with Crippen LogP contribution in [-0.4, -0.2) is 25.5 Å². The smallest absolute Gasteiger partial charge is 0.213 e. The van der Waals surface area contributed by atoms with Crippen molar-refractivity contribution in [2.75, 3.05) is 14.2 Å². The van der Waals surface area contributed by atoms with Crippen molar-refractivity contribution in [3.8, 4) is 0 Å². The molecule has 0 bridgehead atoms. The van der Waals surface area contributed by atoms with Crippen molar-refractivity contribution in [3.05, 3.63) is 23.6 Å². The van der Waals surface area contributed by atoms with E-state index in [9.17, 15) is 4.79 Å². The Balaban J connectivity index is 4.26. The maximum absolute atomic E-state index is 10.3. The second-order valence-electron chi connectivity index (χ2n) is 2.51. The summed E-state index contributed by atoms with van der Waals surface area (Å²) >= 11 is 0. The third-order valence-electron chi connectivity index (χ3n) is 1.60. The van der Waals surface area contributed by atoms with E-state index in [-0.39, 0.29) is 0 Å². The predicted octanol–water partition coefficient (Wildman–Crippen LogP) is 1.53. The van der Waals surface area contributed by atoms with E-state index in [4.69, 9.17) is 4.74 Å². The lowest BCUT2D eigenvalue weighted by Crippen LogP contribution is -2.12. The number of carbonyl (C=O) groups is 1. The van der Waals surface area contributed by atoms with E-state index >= 15 is 0 Å². The number of methoxy groups -OCH3 is 1. The third-order valence-corrected chi connectivity index (χ3v) is 1.60. The van der Waals surface area contributed by atoms with Crippen molar-refractivity contribution < 1.29 is 9.53 Å². The monoisotopic (exact) mass is 169 g/mol. The zero-order valence-electron chi connectivity index (χ0n) is 8.00. The molecule has 0 saturated heterocycles. The fraction of sp³-hybridized carbons (Fsp3) is 0.444. The lowest BCUT2D eigenvalue weighted by molar-refractivity contribution is -0.115. The van der Waals surface area contributed by atoms with Crippen LogP contribution < -0.4 is 0 Å². The minimum atomic E-state index is 0.766. The predicted molar refractivity (Wildman–Crippen MR) is 48.4 cm³/mol. The van der Waals surface area contributed by atoms with Gasteiger partial charge in [0, 0.05) is 12.7 Å². The zero-order valence-corrected chi connectivity index (χ0v) is 8.00. The number of hydrogen-bond donors (Lipinski definition) is 0. The maximum atomic E-state index is 10.3. The molecule has 0 aromatic carbocycles. The number of hydrogen-bond acceptors (Lipinski definition) is 2. The van der Waals surface area contributed by atoms with Crippen LogP contribution >= 0.6 is 0 Å². The summed E-state index contributed by atoms with van der Waals surface area (Å²) in [7, 11) is 3.31. The molecule has 0 aliphatic heterocycles. The first kappa shape index (κ1) is 10.8. The van der Waals surface area contributed by atoms with E-state index in [0.29, 0.717) is 0 Å². The van der Waals surface area contributed by atoms with Crippen molar-refractivity contribution in [1.29, 1.82) is 0 Å². The Labute approximate surface area is 73.3 Å². The highest BCUT2D eigenvalue weighted by Gasteiger charge is 1.92. The molecule has 0 rings (SSSR count). The van der Waals surface area contributed by atoms with E-state index in [1.54, 1.807) is 14.2 Å². The molecule has 0 saturated carbocycles. The van der Waals surface area contributed by atoms with Crippen molar-refractivity contribution in [2.24, 2.45) is 0 Å². The van der Waals surface area contributed by atoms with Crippen LogP contribution in [0.25, 0.3) is 0 Å². The Bertz CT molecular complexity index is 207. The van der Waals surface area contributed by atoms with Gasteiger partial charge in [-0.1, -0.05) is 0 Å². The average Bonchev–Trinajstić information content (AvgIpc) is 2.11. The molecule has 0 N–H and O–H groups in total. The van der Waals surface area contributed by atoms with Crippen LogP contribution in [0.15, 0.2) is 23.6 Å². The van der Waals surface area contributed by atoms with Crippen molar-refractivity contribution >= 4 is 6.41 Å². The summed E-state index contributed by atoms with van der Waals surface area (Å²) in [5.74, 6) is 0.814. The molecule has 12 heavy (non-hydrogen) atoms. The van der Waals surface area contributed by atoms with Crippen molar-refractivity contribution in [1.82, 2.24) is 4.90 Å². The standard InChI is InChI=1S/C9H15NO2/c1-8(10(3)7-11)5-6-9(2)12-4/h5-7H,1-4H3/b8-5-,9-6+. The lowest BCUT2D eigenvalue weighted by atomic mass is 10.3. The largest absolute Gasteiger partial charge is 0.501 e. The van der Waals surface area contributed by atoms with Gasteiger partial charge in [0.2, 0.25) is 6.41 Å². The summed E-state index contributed by atoms with van der Waals surface area (Å²) in [5, 5.41) is 0. The molecule has 68 valence electrons. The van der Waals surface area contributed by atoms with E-state index in [2.05, 4.69) is 0 Å². The first-order chi connectivity index (χ1) is 5.61. The number of carbonyl (C=O) groups excluding carboxylic acids is 1. The van der Waals surface area contributed by atoms with E-state index in [1.165, 1.54) is 4.90 Å². The quantitative estimate of drug-likeness (QED) is 0.363. The van der Waals surface area contributed by atoms with Crippen LogP contribution in [-0.2, 0) is 9.53 Å². The molecule has 0 atom stereocenters. The van der Waals surface area contributed by atoms with Crippen LogP contribution in [0.5, 0.6) is 0 Å². The third kappa shape index (κ3) is 3.81. The normalized spacial score (nSPS) is 12.7. The van der Waals surface area contributed by atoms with E-state index < -0.39 is 0 Å². The molecule has 0 unspecified atom stereocenters. The molecule has 0 aliphatic rings. The number of ether oxygens (including phenoxy) is 1. The summed E-state index contributed by atoms with van der Waals surface area (Å²) < 4.78 is 4.92. The van der Waals surface area contributed by atoms with Crippen LogP contribution in [0.2, 0.25) is 0 Å². The van der Waals surface area contributed by atoms with Gasteiger partial charge in [-0.15, -0.1) is 0 Å². The Hall–Kier alpha value is -1.25. The van der Waals surface area contributed by atoms with Gasteiger partial charge < -0.3 is 9.64 Å². The van der Waals surface area contributed by atoms with Crippen LogP contribution in [0.4, 0.5) is 0 Å². The molecule has 0 aromatic heterocycles. The number of rotatable bonds is 4. The molecule has 1 amide bonds. The second kappa shape index (κ2) is 5.41. The maximum Gasteiger partial charge on any atom is 0.213 e. The molecule has 0 heterocycles. The fourth-order valence-electron chi connectivity index (χ4n) is 0.507. The fourth-order valence-corrected chi connectivity index (χ4v) is 0.507.